The number of carbonyl (C=O) groups excluding carboxylic acids is 1. The smallest absolute Gasteiger partial charge is 0.260 e. The van der Waals surface area contributed by atoms with Crippen molar-refractivity contribution in [1.29, 1.82) is 0 Å². The van der Waals surface area contributed by atoms with E-state index in [0.717, 1.165) is 36.0 Å². The number of aryl methyl sites for hydroxylation is 1. The molecule has 1 amide bonds. The zero-order chi connectivity index (χ0) is 19.3. The first-order chi connectivity index (χ1) is 13.7. The zero-order valence-electron chi connectivity index (χ0n) is 15.7. The third kappa shape index (κ3) is 4.11. The quantitative estimate of drug-likeness (QED) is 0.673. The van der Waals surface area contributed by atoms with Crippen molar-refractivity contribution in [2.75, 3.05) is 37.7 Å². The first-order valence-corrected chi connectivity index (χ1v) is 9.23. The summed E-state index contributed by atoms with van der Waals surface area (Å²) in [6.45, 7) is 4.77. The normalized spacial score (nSPS) is 14.2. The Balaban J connectivity index is 1.28. The molecule has 0 unspecified atom stereocenters. The Hall–Kier alpha value is -3.42. The van der Waals surface area contributed by atoms with Gasteiger partial charge < -0.3 is 14.5 Å². The van der Waals surface area contributed by atoms with E-state index in [4.69, 9.17) is 4.74 Å². The summed E-state index contributed by atoms with van der Waals surface area (Å²) in [5, 5.41) is 8.56. The van der Waals surface area contributed by atoms with Crippen LogP contribution in [0.3, 0.4) is 0 Å². The highest BCUT2D eigenvalue weighted by atomic mass is 16.5. The Morgan fingerprint density at radius 2 is 1.86 bits per heavy atom. The standard InChI is InChI=1S/C20H22N6O2/c1-16-3-2-4-17(13-16)28-14-20(27)25-11-9-24(10-12-25)18-5-6-19(23-22-18)26-8-7-21-15-26/h2-8,13,15H,9-12,14H2,1H3. The lowest BCUT2D eigenvalue weighted by Gasteiger charge is -2.35. The topological polar surface area (TPSA) is 76.4 Å². The van der Waals surface area contributed by atoms with Crippen molar-refractivity contribution >= 4 is 11.7 Å². The number of ether oxygens (including phenoxy) is 1. The van der Waals surface area contributed by atoms with Crippen LogP contribution in [-0.4, -0.2) is 63.3 Å². The van der Waals surface area contributed by atoms with Crippen molar-refractivity contribution in [2.45, 2.75) is 6.92 Å². The number of amides is 1. The highest BCUT2D eigenvalue weighted by Crippen LogP contribution is 2.15. The molecular formula is C20H22N6O2. The summed E-state index contributed by atoms with van der Waals surface area (Å²) in [6.07, 6.45) is 5.22. The Morgan fingerprint density at radius 1 is 1.07 bits per heavy atom. The van der Waals surface area contributed by atoms with Crippen LogP contribution in [0.2, 0.25) is 0 Å². The van der Waals surface area contributed by atoms with Crippen LogP contribution in [0, 0.1) is 6.92 Å². The fourth-order valence-electron chi connectivity index (χ4n) is 3.15. The van der Waals surface area contributed by atoms with Gasteiger partial charge in [-0.3, -0.25) is 9.36 Å². The van der Waals surface area contributed by atoms with Gasteiger partial charge in [-0.15, -0.1) is 10.2 Å². The maximum absolute atomic E-state index is 12.4. The number of aromatic nitrogens is 4. The van der Waals surface area contributed by atoms with E-state index < -0.39 is 0 Å². The van der Waals surface area contributed by atoms with Crippen LogP contribution in [-0.2, 0) is 4.79 Å². The van der Waals surface area contributed by atoms with E-state index in [1.165, 1.54) is 0 Å². The Bertz CT molecular complexity index is 918. The molecule has 144 valence electrons. The summed E-state index contributed by atoms with van der Waals surface area (Å²) in [5.74, 6) is 2.26. The number of carbonyl (C=O) groups is 1. The van der Waals surface area contributed by atoms with Crippen LogP contribution in [0.1, 0.15) is 5.56 Å². The third-order valence-corrected chi connectivity index (χ3v) is 4.71. The number of piperazine rings is 1. The highest BCUT2D eigenvalue weighted by Gasteiger charge is 2.22. The van der Waals surface area contributed by atoms with Crippen LogP contribution in [0.4, 0.5) is 5.82 Å². The van der Waals surface area contributed by atoms with Gasteiger partial charge in [-0.1, -0.05) is 12.1 Å². The summed E-state index contributed by atoms with van der Waals surface area (Å²) in [4.78, 5) is 20.4. The fraction of sp³-hybridized carbons (Fsp3) is 0.300. The molecule has 0 N–H and O–H groups in total. The Morgan fingerprint density at radius 3 is 2.54 bits per heavy atom. The fourth-order valence-corrected chi connectivity index (χ4v) is 3.15. The summed E-state index contributed by atoms with van der Waals surface area (Å²) in [5.41, 5.74) is 1.11. The van der Waals surface area contributed by atoms with Crippen molar-refractivity contribution in [3.8, 4) is 11.6 Å². The van der Waals surface area contributed by atoms with Gasteiger partial charge in [-0.05, 0) is 36.8 Å². The molecule has 1 saturated heterocycles. The first-order valence-electron chi connectivity index (χ1n) is 9.23. The minimum atomic E-state index is 0.00250. The second-order valence-electron chi connectivity index (χ2n) is 6.69. The molecule has 0 radical (unpaired) electrons. The molecule has 0 aliphatic carbocycles. The molecule has 2 aromatic heterocycles. The summed E-state index contributed by atoms with van der Waals surface area (Å²) in [7, 11) is 0. The predicted octanol–water partition coefficient (Wildman–Crippen LogP) is 1.70. The molecule has 1 fully saturated rings. The number of hydrogen-bond acceptors (Lipinski definition) is 6. The number of nitrogens with zero attached hydrogens (tertiary/aromatic N) is 6. The number of benzene rings is 1. The monoisotopic (exact) mass is 378 g/mol. The van der Waals surface area contributed by atoms with Crippen LogP contribution >= 0.6 is 0 Å². The van der Waals surface area contributed by atoms with Crippen molar-refractivity contribution in [3.05, 3.63) is 60.7 Å². The van der Waals surface area contributed by atoms with Gasteiger partial charge in [-0.25, -0.2) is 4.98 Å². The lowest BCUT2D eigenvalue weighted by molar-refractivity contribution is -0.133. The molecule has 1 aromatic carbocycles. The number of imidazole rings is 1. The summed E-state index contributed by atoms with van der Waals surface area (Å²) < 4.78 is 7.43. The maximum Gasteiger partial charge on any atom is 0.260 e. The second-order valence-corrected chi connectivity index (χ2v) is 6.69. The van der Waals surface area contributed by atoms with Crippen molar-refractivity contribution < 1.29 is 9.53 Å². The van der Waals surface area contributed by atoms with Crippen molar-refractivity contribution in [3.63, 3.8) is 0 Å². The van der Waals surface area contributed by atoms with E-state index in [2.05, 4.69) is 20.1 Å². The van der Waals surface area contributed by atoms with Gasteiger partial charge in [0.15, 0.2) is 18.2 Å². The largest absolute Gasteiger partial charge is 0.484 e. The predicted molar refractivity (Wildman–Crippen MR) is 105 cm³/mol. The van der Waals surface area contributed by atoms with Gasteiger partial charge in [-0.2, -0.15) is 0 Å². The van der Waals surface area contributed by atoms with Gasteiger partial charge in [0, 0.05) is 38.6 Å². The molecule has 3 aromatic rings. The Kier molecular flexibility index (Phi) is 5.18. The van der Waals surface area contributed by atoms with Crippen LogP contribution in [0.25, 0.3) is 5.82 Å². The molecule has 4 rings (SSSR count). The number of hydrogen-bond donors (Lipinski definition) is 0. The molecule has 0 bridgehead atoms. The molecule has 8 nitrogen and oxygen atoms in total. The van der Waals surface area contributed by atoms with E-state index in [0.29, 0.717) is 13.1 Å². The van der Waals surface area contributed by atoms with Gasteiger partial charge in [0.2, 0.25) is 0 Å². The molecule has 28 heavy (non-hydrogen) atoms. The van der Waals surface area contributed by atoms with Gasteiger partial charge in [0.25, 0.3) is 5.91 Å². The molecule has 8 heteroatoms. The van der Waals surface area contributed by atoms with E-state index in [9.17, 15) is 4.79 Å². The molecule has 1 aliphatic heterocycles. The first kappa shape index (κ1) is 18.0. The van der Waals surface area contributed by atoms with Crippen molar-refractivity contribution in [1.82, 2.24) is 24.6 Å². The third-order valence-electron chi connectivity index (χ3n) is 4.71. The van der Waals surface area contributed by atoms with Gasteiger partial charge >= 0.3 is 0 Å². The Labute approximate surface area is 163 Å². The van der Waals surface area contributed by atoms with E-state index in [1.54, 1.807) is 12.5 Å². The maximum atomic E-state index is 12.4. The second kappa shape index (κ2) is 8.08. The molecule has 3 heterocycles. The van der Waals surface area contributed by atoms with Crippen LogP contribution in [0.15, 0.2) is 55.1 Å². The van der Waals surface area contributed by atoms with Gasteiger partial charge in [0.05, 0.1) is 0 Å². The molecule has 1 aliphatic rings. The average molecular weight is 378 g/mol. The van der Waals surface area contributed by atoms with Crippen LogP contribution in [0.5, 0.6) is 5.75 Å². The number of anilines is 1. The van der Waals surface area contributed by atoms with Crippen LogP contribution < -0.4 is 9.64 Å². The minimum absolute atomic E-state index is 0.00250. The molecular weight excluding hydrogens is 356 g/mol. The molecule has 0 saturated carbocycles. The highest BCUT2D eigenvalue weighted by molar-refractivity contribution is 5.78. The number of rotatable bonds is 5. The van der Waals surface area contributed by atoms with E-state index in [-0.39, 0.29) is 12.5 Å². The molecule has 0 spiro atoms. The van der Waals surface area contributed by atoms with E-state index >= 15 is 0 Å². The molecule has 0 atom stereocenters. The lowest BCUT2D eigenvalue weighted by Crippen LogP contribution is -2.50. The SMILES string of the molecule is Cc1cccc(OCC(=O)N2CCN(c3ccc(-n4ccnc4)nn3)CC2)c1. The average Bonchev–Trinajstić information content (AvgIpc) is 3.27. The zero-order valence-corrected chi connectivity index (χ0v) is 15.7. The van der Waals surface area contributed by atoms with E-state index in [1.807, 2.05) is 59.0 Å². The summed E-state index contributed by atoms with van der Waals surface area (Å²) in [6, 6.07) is 11.6. The summed E-state index contributed by atoms with van der Waals surface area (Å²) >= 11 is 0. The van der Waals surface area contributed by atoms with Gasteiger partial charge in [0.1, 0.15) is 12.1 Å². The minimum Gasteiger partial charge on any atom is -0.484 e. The lowest BCUT2D eigenvalue weighted by atomic mass is 10.2. The van der Waals surface area contributed by atoms with Crippen molar-refractivity contribution in [2.24, 2.45) is 0 Å².